The molecule has 0 aliphatic carbocycles. The van der Waals surface area contributed by atoms with E-state index >= 15 is 0 Å². The van der Waals surface area contributed by atoms with E-state index in [2.05, 4.69) is 0 Å². The van der Waals surface area contributed by atoms with Crippen LogP contribution in [0.2, 0.25) is 0 Å². The fourth-order valence-corrected chi connectivity index (χ4v) is 1.54. The van der Waals surface area contributed by atoms with Crippen LogP contribution in [0.25, 0.3) is 10.8 Å². The first-order chi connectivity index (χ1) is 7.83. The van der Waals surface area contributed by atoms with Gasteiger partial charge in [-0.3, -0.25) is 0 Å². The number of hydrogen-bond donors (Lipinski definition) is 1. The molecular formula is C13H14O3. The molecule has 2 aromatic carbocycles. The third kappa shape index (κ3) is 2.09. The zero-order valence-electron chi connectivity index (χ0n) is 9.14. The summed E-state index contributed by atoms with van der Waals surface area (Å²) < 4.78 is 10.4. The molecule has 2 rings (SSSR count). The van der Waals surface area contributed by atoms with E-state index in [4.69, 9.17) is 9.47 Å². The van der Waals surface area contributed by atoms with Crippen molar-refractivity contribution in [1.82, 2.24) is 0 Å². The van der Waals surface area contributed by atoms with Gasteiger partial charge in [-0.2, -0.15) is 0 Å². The normalized spacial score (nSPS) is 10.6. The predicted octanol–water partition coefficient (Wildman–Crippen LogP) is 2.92. The van der Waals surface area contributed by atoms with Gasteiger partial charge in [-0.1, -0.05) is 30.3 Å². The van der Waals surface area contributed by atoms with Crippen molar-refractivity contribution in [3.63, 3.8) is 0 Å². The summed E-state index contributed by atoms with van der Waals surface area (Å²) in [6, 6.07) is 11.3. The monoisotopic (exact) mass is 218 g/mol. The Hall–Kier alpha value is -1.74. The number of hydrogen-bond acceptors (Lipinski definition) is 3. The lowest BCUT2D eigenvalue weighted by Gasteiger charge is -2.09. The van der Waals surface area contributed by atoms with Crippen molar-refractivity contribution in [2.75, 3.05) is 13.4 Å². The highest BCUT2D eigenvalue weighted by Gasteiger charge is 2.06. The van der Waals surface area contributed by atoms with E-state index in [-0.39, 0.29) is 12.5 Å². The van der Waals surface area contributed by atoms with Crippen LogP contribution in [0.4, 0.5) is 0 Å². The predicted molar refractivity (Wildman–Crippen MR) is 62.7 cm³/mol. The highest BCUT2D eigenvalue weighted by Crippen LogP contribution is 2.34. The molecule has 2 aromatic rings. The third-order valence-electron chi connectivity index (χ3n) is 2.37. The molecule has 0 aliphatic heterocycles. The minimum absolute atomic E-state index is 0.155. The maximum Gasteiger partial charge on any atom is 0.189 e. The Morgan fingerprint density at radius 3 is 2.75 bits per heavy atom. The average molecular weight is 218 g/mol. The van der Waals surface area contributed by atoms with Crippen molar-refractivity contribution in [2.24, 2.45) is 0 Å². The fourth-order valence-electron chi connectivity index (χ4n) is 1.54. The molecule has 0 bridgehead atoms. The number of benzene rings is 2. The summed E-state index contributed by atoms with van der Waals surface area (Å²) in [6.07, 6.45) is 0. The molecule has 0 spiro atoms. The van der Waals surface area contributed by atoms with E-state index in [1.807, 2.05) is 37.3 Å². The van der Waals surface area contributed by atoms with Crippen molar-refractivity contribution in [3.8, 4) is 11.5 Å². The molecule has 84 valence electrons. The smallest absolute Gasteiger partial charge is 0.189 e. The maximum atomic E-state index is 9.97. The van der Waals surface area contributed by atoms with Gasteiger partial charge in [-0.15, -0.1) is 0 Å². The Kier molecular flexibility index (Phi) is 3.27. The molecule has 0 aromatic heterocycles. The fraction of sp³-hybridized carbons (Fsp3) is 0.231. The molecule has 1 N–H and O–H groups in total. The first-order valence-electron chi connectivity index (χ1n) is 5.24. The summed E-state index contributed by atoms with van der Waals surface area (Å²) >= 11 is 0. The molecule has 0 unspecified atom stereocenters. The second-order valence-electron chi connectivity index (χ2n) is 3.39. The van der Waals surface area contributed by atoms with Gasteiger partial charge >= 0.3 is 0 Å². The Morgan fingerprint density at radius 1 is 1.12 bits per heavy atom. The second kappa shape index (κ2) is 4.86. The van der Waals surface area contributed by atoms with Crippen molar-refractivity contribution in [2.45, 2.75) is 6.92 Å². The minimum Gasteiger partial charge on any atom is -0.504 e. The first-order valence-corrected chi connectivity index (χ1v) is 5.24. The summed E-state index contributed by atoms with van der Waals surface area (Å²) in [5, 5.41) is 11.7. The molecule has 0 fully saturated rings. The molecule has 0 atom stereocenters. The van der Waals surface area contributed by atoms with Gasteiger partial charge in [0.2, 0.25) is 0 Å². The van der Waals surface area contributed by atoms with E-state index in [1.54, 1.807) is 6.07 Å². The lowest BCUT2D eigenvalue weighted by Crippen LogP contribution is -2.02. The number of rotatable bonds is 4. The van der Waals surface area contributed by atoms with Gasteiger partial charge in [-0.05, 0) is 18.4 Å². The largest absolute Gasteiger partial charge is 0.504 e. The van der Waals surface area contributed by atoms with Gasteiger partial charge < -0.3 is 14.6 Å². The summed E-state index contributed by atoms with van der Waals surface area (Å²) in [7, 11) is 0. The van der Waals surface area contributed by atoms with Crippen LogP contribution in [-0.4, -0.2) is 18.5 Å². The summed E-state index contributed by atoms with van der Waals surface area (Å²) in [5.41, 5.74) is 0. The van der Waals surface area contributed by atoms with Crippen LogP contribution >= 0.6 is 0 Å². The highest BCUT2D eigenvalue weighted by molar-refractivity contribution is 5.90. The number of aromatic hydroxyl groups is 1. The Labute approximate surface area is 94.2 Å². The average Bonchev–Trinajstić information content (AvgIpc) is 2.33. The maximum absolute atomic E-state index is 9.97. The molecule has 3 heteroatoms. The molecule has 3 nitrogen and oxygen atoms in total. The van der Waals surface area contributed by atoms with E-state index in [1.165, 1.54) is 0 Å². The Balaban J connectivity index is 2.29. The number of ether oxygens (including phenoxy) is 2. The quantitative estimate of drug-likeness (QED) is 0.633. The Morgan fingerprint density at radius 2 is 1.94 bits per heavy atom. The number of fused-ring (bicyclic) bond motifs is 1. The highest BCUT2D eigenvalue weighted by atomic mass is 16.7. The summed E-state index contributed by atoms with van der Waals surface area (Å²) in [5.74, 6) is 0.616. The molecule has 0 aliphatic rings. The van der Waals surface area contributed by atoms with Crippen LogP contribution in [0.3, 0.4) is 0 Å². The van der Waals surface area contributed by atoms with Crippen LogP contribution in [-0.2, 0) is 4.74 Å². The summed E-state index contributed by atoms with van der Waals surface area (Å²) in [6.45, 7) is 2.64. The van der Waals surface area contributed by atoms with Crippen molar-refractivity contribution < 1.29 is 14.6 Å². The van der Waals surface area contributed by atoms with Crippen molar-refractivity contribution >= 4 is 10.8 Å². The molecule has 0 saturated carbocycles. The first kappa shape index (κ1) is 10.8. The standard InChI is InChI=1S/C13H14O3/c1-2-15-9-16-12-8-7-10-5-3-4-6-11(10)13(12)14/h3-8,14H,2,9H2,1H3. The lowest BCUT2D eigenvalue weighted by molar-refractivity contribution is 0.0210. The van der Waals surface area contributed by atoms with Gasteiger partial charge in [0.1, 0.15) is 0 Å². The molecule has 0 saturated heterocycles. The zero-order valence-corrected chi connectivity index (χ0v) is 9.14. The van der Waals surface area contributed by atoms with Crippen molar-refractivity contribution in [3.05, 3.63) is 36.4 Å². The minimum atomic E-state index is 0.155. The van der Waals surface area contributed by atoms with E-state index < -0.39 is 0 Å². The third-order valence-corrected chi connectivity index (χ3v) is 2.37. The van der Waals surface area contributed by atoms with E-state index in [0.29, 0.717) is 12.4 Å². The SMILES string of the molecule is CCOCOc1ccc2ccccc2c1O. The number of phenols is 1. The topological polar surface area (TPSA) is 38.7 Å². The zero-order chi connectivity index (χ0) is 11.4. The van der Waals surface area contributed by atoms with Crippen LogP contribution < -0.4 is 4.74 Å². The van der Waals surface area contributed by atoms with Gasteiger partial charge in [-0.25, -0.2) is 0 Å². The van der Waals surface area contributed by atoms with Gasteiger partial charge in [0.15, 0.2) is 18.3 Å². The van der Waals surface area contributed by atoms with Crippen LogP contribution in [0.15, 0.2) is 36.4 Å². The Bertz CT molecular complexity index is 480. The molecule has 0 amide bonds. The lowest BCUT2D eigenvalue weighted by atomic mass is 10.1. The van der Waals surface area contributed by atoms with E-state index in [0.717, 1.165) is 10.8 Å². The summed E-state index contributed by atoms with van der Waals surface area (Å²) in [4.78, 5) is 0. The number of phenolic OH excluding ortho intramolecular Hbond substituents is 1. The van der Waals surface area contributed by atoms with Crippen molar-refractivity contribution in [1.29, 1.82) is 0 Å². The van der Waals surface area contributed by atoms with Crippen LogP contribution in [0.1, 0.15) is 6.92 Å². The van der Waals surface area contributed by atoms with Gasteiger partial charge in [0.05, 0.1) is 0 Å². The second-order valence-corrected chi connectivity index (χ2v) is 3.39. The van der Waals surface area contributed by atoms with Gasteiger partial charge in [0.25, 0.3) is 0 Å². The van der Waals surface area contributed by atoms with Crippen LogP contribution in [0, 0.1) is 0 Å². The van der Waals surface area contributed by atoms with Crippen LogP contribution in [0.5, 0.6) is 11.5 Å². The molecule has 16 heavy (non-hydrogen) atoms. The molecular weight excluding hydrogens is 204 g/mol. The molecule has 0 heterocycles. The van der Waals surface area contributed by atoms with Gasteiger partial charge in [0, 0.05) is 12.0 Å². The van der Waals surface area contributed by atoms with E-state index in [9.17, 15) is 5.11 Å². The molecule has 0 radical (unpaired) electrons.